The lowest BCUT2D eigenvalue weighted by Crippen LogP contribution is -2.05. The summed E-state index contributed by atoms with van der Waals surface area (Å²) in [4.78, 5) is 4.28. The minimum Gasteiger partial charge on any atom is -0.385 e. The number of methoxy groups -OCH3 is 1. The Morgan fingerprint density at radius 2 is 2.05 bits per heavy atom. The molecule has 1 unspecified atom stereocenters. The smallest absolute Gasteiger partial charge is 0.228 e. The van der Waals surface area contributed by atoms with Gasteiger partial charge in [0.05, 0.1) is 0 Å². The second kappa shape index (κ2) is 6.33. The summed E-state index contributed by atoms with van der Waals surface area (Å²) in [6.45, 7) is 4.71. The number of nitrogens with one attached hydrogen (secondary N) is 1. The van der Waals surface area contributed by atoms with Crippen LogP contribution in [0.5, 0.6) is 0 Å². The van der Waals surface area contributed by atoms with Gasteiger partial charge < -0.3 is 14.6 Å². The average Bonchev–Trinajstić information content (AvgIpc) is 2.89. The third-order valence-corrected chi connectivity index (χ3v) is 2.92. The first kappa shape index (κ1) is 13.5. The molecule has 102 valence electrons. The summed E-state index contributed by atoms with van der Waals surface area (Å²) >= 11 is 0. The molecule has 2 aromatic rings. The monoisotopic (exact) mass is 261 g/mol. The normalized spacial score (nSPS) is 12.4. The van der Waals surface area contributed by atoms with Crippen LogP contribution in [0.15, 0.2) is 28.8 Å². The summed E-state index contributed by atoms with van der Waals surface area (Å²) in [6.07, 6.45) is 0.555. The first-order chi connectivity index (χ1) is 9.19. The highest BCUT2D eigenvalue weighted by atomic mass is 16.5. The van der Waals surface area contributed by atoms with Crippen LogP contribution in [0.1, 0.15) is 30.3 Å². The van der Waals surface area contributed by atoms with Crippen molar-refractivity contribution in [3.8, 4) is 0 Å². The van der Waals surface area contributed by atoms with E-state index >= 15 is 0 Å². The molecule has 0 amide bonds. The van der Waals surface area contributed by atoms with Gasteiger partial charge in [0.1, 0.15) is 6.10 Å². The van der Waals surface area contributed by atoms with Crippen molar-refractivity contribution in [1.29, 1.82) is 0 Å². The van der Waals surface area contributed by atoms with Gasteiger partial charge in [-0.15, -0.1) is 0 Å². The number of hydrogen-bond acceptors (Lipinski definition) is 5. The van der Waals surface area contributed by atoms with E-state index in [4.69, 9.17) is 9.26 Å². The van der Waals surface area contributed by atoms with E-state index in [-0.39, 0.29) is 6.10 Å². The third-order valence-electron chi connectivity index (χ3n) is 2.92. The molecule has 2 rings (SSSR count). The highest BCUT2D eigenvalue weighted by Crippen LogP contribution is 2.12. The zero-order valence-corrected chi connectivity index (χ0v) is 11.5. The Kier molecular flexibility index (Phi) is 4.52. The number of rotatable bonds is 6. The highest BCUT2D eigenvalue weighted by Gasteiger charge is 2.12. The second-order valence-electron chi connectivity index (χ2n) is 4.47. The van der Waals surface area contributed by atoms with Crippen molar-refractivity contribution >= 4 is 5.69 Å². The summed E-state index contributed by atoms with van der Waals surface area (Å²) in [6, 6.07) is 8.27. The van der Waals surface area contributed by atoms with Crippen molar-refractivity contribution in [1.82, 2.24) is 10.1 Å². The SMILES string of the molecule is COC(C)c1noc(CCNc2ccc(C)cc2)n1. The molecule has 0 fully saturated rings. The van der Waals surface area contributed by atoms with Crippen LogP contribution in [0.3, 0.4) is 0 Å². The van der Waals surface area contributed by atoms with Gasteiger partial charge in [-0.1, -0.05) is 22.9 Å². The van der Waals surface area contributed by atoms with E-state index in [1.807, 2.05) is 6.92 Å². The van der Waals surface area contributed by atoms with E-state index in [9.17, 15) is 0 Å². The molecule has 19 heavy (non-hydrogen) atoms. The first-order valence-corrected chi connectivity index (χ1v) is 6.35. The van der Waals surface area contributed by atoms with Gasteiger partial charge in [-0.25, -0.2) is 0 Å². The molecule has 0 saturated heterocycles. The Balaban J connectivity index is 1.82. The molecule has 1 atom stereocenters. The fraction of sp³-hybridized carbons (Fsp3) is 0.429. The minimum absolute atomic E-state index is 0.137. The lowest BCUT2D eigenvalue weighted by molar-refractivity contribution is 0.109. The maximum absolute atomic E-state index is 5.16. The van der Waals surface area contributed by atoms with Crippen LogP contribution >= 0.6 is 0 Å². The zero-order valence-electron chi connectivity index (χ0n) is 11.5. The summed E-state index contributed by atoms with van der Waals surface area (Å²) in [5.41, 5.74) is 2.34. The van der Waals surface area contributed by atoms with E-state index in [0.717, 1.165) is 12.2 Å². The predicted molar refractivity (Wildman–Crippen MR) is 73.1 cm³/mol. The molecule has 1 N–H and O–H groups in total. The van der Waals surface area contributed by atoms with Gasteiger partial charge in [0.2, 0.25) is 5.89 Å². The van der Waals surface area contributed by atoms with Crippen molar-refractivity contribution in [2.75, 3.05) is 19.0 Å². The number of benzene rings is 1. The predicted octanol–water partition coefficient (Wildman–Crippen LogP) is 2.74. The molecule has 5 heteroatoms. The molecular weight excluding hydrogens is 242 g/mol. The minimum atomic E-state index is -0.137. The molecule has 0 radical (unpaired) electrons. The lowest BCUT2D eigenvalue weighted by Gasteiger charge is -2.04. The van der Waals surface area contributed by atoms with Crippen LogP contribution in [0, 0.1) is 6.92 Å². The number of aryl methyl sites for hydroxylation is 1. The molecule has 0 saturated carbocycles. The van der Waals surface area contributed by atoms with E-state index < -0.39 is 0 Å². The van der Waals surface area contributed by atoms with E-state index in [1.165, 1.54) is 5.56 Å². The van der Waals surface area contributed by atoms with Gasteiger partial charge in [0.15, 0.2) is 5.82 Å². The van der Waals surface area contributed by atoms with Crippen molar-refractivity contribution < 1.29 is 9.26 Å². The van der Waals surface area contributed by atoms with Crippen LogP contribution < -0.4 is 5.32 Å². The van der Waals surface area contributed by atoms with Crippen molar-refractivity contribution in [2.24, 2.45) is 0 Å². The zero-order chi connectivity index (χ0) is 13.7. The van der Waals surface area contributed by atoms with Crippen LogP contribution in [-0.4, -0.2) is 23.8 Å². The molecule has 1 heterocycles. The summed E-state index contributed by atoms with van der Waals surface area (Å²) in [5.74, 6) is 1.21. The third kappa shape index (κ3) is 3.79. The molecule has 5 nitrogen and oxygen atoms in total. The maximum atomic E-state index is 5.16. The maximum Gasteiger partial charge on any atom is 0.228 e. The Hall–Kier alpha value is -1.88. The van der Waals surface area contributed by atoms with Crippen molar-refractivity contribution in [2.45, 2.75) is 26.4 Å². The largest absolute Gasteiger partial charge is 0.385 e. The average molecular weight is 261 g/mol. The highest BCUT2D eigenvalue weighted by molar-refractivity contribution is 5.44. The molecule has 0 aliphatic rings. The first-order valence-electron chi connectivity index (χ1n) is 6.35. The van der Waals surface area contributed by atoms with Gasteiger partial charge in [-0.3, -0.25) is 0 Å². The van der Waals surface area contributed by atoms with Crippen LogP contribution in [0.25, 0.3) is 0 Å². The summed E-state index contributed by atoms with van der Waals surface area (Å²) in [7, 11) is 1.62. The molecule has 0 aliphatic heterocycles. The molecule has 1 aromatic carbocycles. The molecule has 1 aromatic heterocycles. The van der Waals surface area contributed by atoms with Crippen molar-refractivity contribution in [3.63, 3.8) is 0 Å². The summed E-state index contributed by atoms with van der Waals surface area (Å²) in [5, 5.41) is 7.20. The van der Waals surface area contributed by atoms with E-state index in [0.29, 0.717) is 18.1 Å². The Bertz CT molecular complexity index is 508. The second-order valence-corrected chi connectivity index (χ2v) is 4.47. The van der Waals surface area contributed by atoms with Gasteiger partial charge in [-0.2, -0.15) is 4.98 Å². The van der Waals surface area contributed by atoms with E-state index in [2.05, 4.69) is 46.6 Å². The number of aromatic nitrogens is 2. The fourth-order valence-electron chi connectivity index (χ4n) is 1.63. The Morgan fingerprint density at radius 1 is 1.32 bits per heavy atom. The quantitative estimate of drug-likeness (QED) is 0.866. The van der Waals surface area contributed by atoms with Crippen LogP contribution in [0.2, 0.25) is 0 Å². The van der Waals surface area contributed by atoms with E-state index in [1.54, 1.807) is 7.11 Å². The molecule has 0 aliphatic carbocycles. The van der Waals surface area contributed by atoms with Crippen molar-refractivity contribution in [3.05, 3.63) is 41.5 Å². The van der Waals surface area contributed by atoms with Crippen LogP contribution in [0.4, 0.5) is 5.69 Å². The Morgan fingerprint density at radius 3 is 2.74 bits per heavy atom. The van der Waals surface area contributed by atoms with Crippen LogP contribution in [-0.2, 0) is 11.2 Å². The fourth-order valence-corrected chi connectivity index (χ4v) is 1.63. The van der Waals surface area contributed by atoms with Gasteiger partial charge in [0, 0.05) is 25.8 Å². The number of hydrogen-bond donors (Lipinski definition) is 1. The number of ether oxygens (including phenoxy) is 1. The molecule has 0 bridgehead atoms. The number of nitrogens with zero attached hydrogens (tertiary/aromatic N) is 2. The standard InChI is InChI=1S/C14H19N3O2/c1-10-4-6-12(7-5-10)15-9-8-13-16-14(17-19-13)11(2)18-3/h4-7,11,15H,8-9H2,1-3H3. The topological polar surface area (TPSA) is 60.2 Å². The number of anilines is 1. The van der Waals surface area contributed by atoms with Gasteiger partial charge >= 0.3 is 0 Å². The van der Waals surface area contributed by atoms with Gasteiger partial charge in [0.25, 0.3) is 0 Å². The molecular formula is C14H19N3O2. The van der Waals surface area contributed by atoms with Gasteiger partial charge in [-0.05, 0) is 26.0 Å². The lowest BCUT2D eigenvalue weighted by atomic mass is 10.2. The Labute approximate surface area is 113 Å². The summed E-state index contributed by atoms with van der Waals surface area (Å²) < 4.78 is 10.3. The molecule has 0 spiro atoms.